The summed E-state index contributed by atoms with van der Waals surface area (Å²) < 4.78 is 31.4. The van der Waals surface area contributed by atoms with Gasteiger partial charge in [0.15, 0.2) is 6.61 Å². The summed E-state index contributed by atoms with van der Waals surface area (Å²) in [6.45, 7) is 4.12. The molecule has 0 radical (unpaired) electrons. The molecular weight excluding hydrogens is 372 g/mol. The fourth-order valence-corrected chi connectivity index (χ4v) is 3.17. The zero-order valence-electron chi connectivity index (χ0n) is 14.0. The molecule has 0 aromatic heterocycles. The van der Waals surface area contributed by atoms with Gasteiger partial charge in [-0.1, -0.05) is 11.6 Å². The zero-order valence-corrected chi connectivity index (χ0v) is 15.6. The molecule has 2 atom stereocenters. The van der Waals surface area contributed by atoms with Crippen molar-refractivity contribution in [2.24, 2.45) is 0 Å². The molecule has 0 heterocycles. The number of sulfonamides is 1. The number of amides is 1. The molecule has 10 heteroatoms. The molecule has 1 rings (SSSR count). The Morgan fingerprint density at radius 2 is 1.76 bits per heavy atom. The molecule has 0 unspecified atom stereocenters. The van der Waals surface area contributed by atoms with Crippen molar-refractivity contribution in [3.63, 3.8) is 0 Å². The molecule has 0 spiro atoms. The molecule has 3 N–H and O–H groups in total. The summed E-state index contributed by atoms with van der Waals surface area (Å²) in [6, 6.07) is 3.57. The van der Waals surface area contributed by atoms with Gasteiger partial charge in [-0.3, -0.25) is 9.59 Å². The van der Waals surface area contributed by atoms with Crippen molar-refractivity contribution in [2.45, 2.75) is 43.9 Å². The molecule has 25 heavy (non-hydrogen) atoms. The average Bonchev–Trinajstić information content (AvgIpc) is 2.50. The molecule has 1 aromatic rings. The smallest absolute Gasteiger partial charge is 0.327 e. The summed E-state index contributed by atoms with van der Waals surface area (Å²) in [5.41, 5.74) is 0. The molecule has 0 aliphatic rings. The molecule has 0 saturated heterocycles. The Labute approximate surface area is 151 Å². The van der Waals surface area contributed by atoms with Gasteiger partial charge in [-0.15, -0.1) is 0 Å². The summed E-state index contributed by atoms with van der Waals surface area (Å²) in [5.74, 6) is -1.60. The highest BCUT2D eigenvalue weighted by molar-refractivity contribution is 7.89. The van der Waals surface area contributed by atoms with Crippen LogP contribution >= 0.6 is 11.6 Å². The first-order valence-electron chi connectivity index (χ1n) is 7.45. The van der Waals surface area contributed by atoms with Gasteiger partial charge in [0.25, 0.3) is 5.91 Å². The van der Waals surface area contributed by atoms with Crippen molar-refractivity contribution in [1.82, 2.24) is 10.0 Å². The maximum Gasteiger partial charge on any atom is 0.327 e. The Hall–Kier alpha value is -1.68. The molecule has 1 aromatic carbocycles. The van der Waals surface area contributed by atoms with Crippen LogP contribution in [0.25, 0.3) is 0 Å². The van der Waals surface area contributed by atoms with Crippen molar-refractivity contribution in [2.75, 3.05) is 6.61 Å². The molecule has 0 aliphatic heterocycles. The van der Waals surface area contributed by atoms with E-state index < -0.39 is 40.7 Å². The largest absolute Gasteiger partial charge is 0.454 e. The number of ether oxygens (including phenoxy) is 1. The first-order valence-corrected chi connectivity index (χ1v) is 9.31. The molecule has 0 bridgehead atoms. The van der Waals surface area contributed by atoms with E-state index in [0.29, 0.717) is 5.02 Å². The minimum absolute atomic E-state index is 0.132. The predicted molar refractivity (Wildman–Crippen MR) is 91.5 cm³/mol. The molecule has 0 saturated carbocycles. The Balaban J connectivity index is 2.80. The second-order valence-electron chi connectivity index (χ2n) is 5.62. The molecule has 140 valence electrons. The van der Waals surface area contributed by atoms with Gasteiger partial charge in [0.05, 0.1) is 11.0 Å². The third-order valence-corrected chi connectivity index (χ3v) is 4.65. The third-order valence-electron chi connectivity index (χ3n) is 2.94. The molecule has 0 aliphatic carbocycles. The maximum atomic E-state index is 12.3. The van der Waals surface area contributed by atoms with Crippen LogP contribution in [-0.4, -0.2) is 50.2 Å². The van der Waals surface area contributed by atoms with Gasteiger partial charge in [-0.05, 0) is 45.0 Å². The van der Waals surface area contributed by atoms with E-state index in [0.717, 1.165) is 0 Å². The number of aliphatic hydroxyl groups excluding tert-OH is 1. The highest BCUT2D eigenvalue weighted by atomic mass is 35.5. The van der Waals surface area contributed by atoms with Crippen molar-refractivity contribution in [1.29, 1.82) is 0 Å². The van der Waals surface area contributed by atoms with Crippen molar-refractivity contribution < 1.29 is 27.9 Å². The number of nitrogens with one attached hydrogen (secondary N) is 2. The monoisotopic (exact) mass is 392 g/mol. The van der Waals surface area contributed by atoms with Crippen LogP contribution < -0.4 is 10.0 Å². The Morgan fingerprint density at radius 1 is 1.20 bits per heavy atom. The van der Waals surface area contributed by atoms with E-state index in [2.05, 4.69) is 10.0 Å². The van der Waals surface area contributed by atoms with Gasteiger partial charge >= 0.3 is 5.97 Å². The van der Waals surface area contributed by atoms with Crippen LogP contribution in [-0.2, 0) is 24.3 Å². The van der Waals surface area contributed by atoms with Crippen molar-refractivity contribution in [3.8, 4) is 0 Å². The summed E-state index contributed by atoms with van der Waals surface area (Å²) in [6.07, 6.45) is -1.37. The topological polar surface area (TPSA) is 122 Å². The average molecular weight is 393 g/mol. The van der Waals surface area contributed by atoms with Crippen LogP contribution in [0, 0.1) is 0 Å². The second-order valence-corrected chi connectivity index (χ2v) is 7.77. The van der Waals surface area contributed by atoms with Crippen LogP contribution in [0.15, 0.2) is 29.2 Å². The lowest BCUT2D eigenvalue weighted by molar-refractivity contribution is -0.152. The van der Waals surface area contributed by atoms with Crippen LogP contribution in [0.5, 0.6) is 0 Å². The number of rotatable bonds is 8. The Morgan fingerprint density at radius 3 is 2.24 bits per heavy atom. The minimum Gasteiger partial charge on any atom is -0.454 e. The summed E-state index contributed by atoms with van der Waals surface area (Å²) in [7, 11) is -4.09. The van der Waals surface area contributed by atoms with Gasteiger partial charge in [0.2, 0.25) is 10.0 Å². The first-order chi connectivity index (χ1) is 11.5. The second kappa shape index (κ2) is 9.14. The van der Waals surface area contributed by atoms with Gasteiger partial charge in [0.1, 0.15) is 6.04 Å². The number of aliphatic hydroxyl groups is 1. The fraction of sp³-hybridized carbons (Fsp3) is 0.467. The van der Waals surface area contributed by atoms with Crippen LogP contribution in [0.3, 0.4) is 0 Å². The molecular formula is C15H21ClN2O6S. The molecule has 1 amide bonds. The number of carbonyl (C=O) groups excluding carboxylic acids is 2. The zero-order chi connectivity index (χ0) is 19.2. The number of halogens is 1. The van der Waals surface area contributed by atoms with Gasteiger partial charge in [0, 0.05) is 11.1 Å². The van der Waals surface area contributed by atoms with Gasteiger partial charge in [-0.2, -0.15) is 4.72 Å². The molecule has 8 nitrogen and oxygen atoms in total. The SMILES string of the molecule is CC(C)NC(=O)COC(=O)[C@@H](NS(=O)(=O)c1ccc(Cl)cc1)[C@@H](C)O. The highest BCUT2D eigenvalue weighted by Gasteiger charge is 2.31. The highest BCUT2D eigenvalue weighted by Crippen LogP contribution is 2.15. The lowest BCUT2D eigenvalue weighted by atomic mass is 10.2. The van der Waals surface area contributed by atoms with E-state index in [9.17, 15) is 23.1 Å². The number of benzene rings is 1. The number of hydrogen-bond acceptors (Lipinski definition) is 6. The predicted octanol–water partition coefficient (Wildman–Crippen LogP) is 0.435. The number of carbonyl (C=O) groups is 2. The summed E-state index contributed by atoms with van der Waals surface area (Å²) >= 11 is 5.71. The Bertz CT molecular complexity index is 703. The lowest BCUT2D eigenvalue weighted by Gasteiger charge is -2.20. The summed E-state index contributed by atoms with van der Waals surface area (Å²) in [4.78, 5) is 23.4. The summed E-state index contributed by atoms with van der Waals surface area (Å²) in [5, 5.41) is 12.6. The van der Waals surface area contributed by atoms with E-state index in [1.54, 1.807) is 13.8 Å². The fourth-order valence-electron chi connectivity index (χ4n) is 1.78. The maximum absolute atomic E-state index is 12.3. The van der Waals surface area contributed by atoms with Gasteiger partial charge in [-0.25, -0.2) is 8.42 Å². The normalized spacial score (nSPS) is 14.0. The van der Waals surface area contributed by atoms with Gasteiger partial charge < -0.3 is 15.2 Å². The number of hydrogen-bond donors (Lipinski definition) is 3. The first kappa shape index (κ1) is 21.4. The van der Waals surface area contributed by atoms with Crippen molar-refractivity contribution >= 4 is 33.5 Å². The minimum atomic E-state index is -4.09. The lowest BCUT2D eigenvalue weighted by Crippen LogP contribution is -2.49. The van der Waals surface area contributed by atoms with E-state index in [1.165, 1.54) is 31.2 Å². The van der Waals surface area contributed by atoms with Crippen molar-refractivity contribution in [3.05, 3.63) is 29.3 Å². The third kappa shape index (κ3) is 6.99. The quantitative estimate of drug-likeness (QED) is 0.552. The number of esters is 1. The Kier molecular flexibility index (Phi) is 7.81. The van der Waals surface area contributed by atoms with E-state index in [1.807, 2.05) is 0 Å². The standard InChI is InChI=1S/C15H21ClN2O6S/c1-9(2)17-13(20)8-24-15(21)14(10(3)19)18-25(22,23)12-6-4-11(16)5-7-12/h4-7,9-10,14,18-19H,8H2,1-3H3,(H,17,20)/t10-,14+/m1/s1. The van der Waals surface area contributed by atoms with E-state index >= 15 is 0 Å². The van der Waals surface area contributed by atoms with E-state index in [4.69, 9.17) is 16.3 Å². The molecule has 0 fully saturated rings. The van der Waals surface area contributed by atoms with Crippen LogP contribution in [0.2, 0.25) is 5.02 Å². The van der Waals surface area contributed by atoms with E-state index in [-0.39, 0.29) is 10.9 Å². The van der Waals surface area contributed by atoms with Crippen LogP contribution in [0.1, 0.15) is 20.8 Å². The van der Waals surface area contributed by atoms with Crippen LogP contribution in [0.4, 0.5) is 0 Å².